The zero-order valence-corrected chi connectivity index (χ0v) is 14.2. The van der Waals surface area contributed by atoms with Gasteiger partial charge in [0.2, 0.25) is 0 Å². The van der Waals surface area contributed by atoms with E-state index >= 15 is 0 Å². The lowest BCUT2D eigenvalue weighted by Gasteiger charge is -2.38. The minimum absolute atomic E-state index is 0.168. The fourth-order valence-corrected chi connectivity index (χ4v) is 3.33. The number of halogens is 2. The highest BCUT2D eigenvalue weighted by Gasteiger charge is 2.29. The monoisotopic (exact) mass is 343 g/mol. The third kappa shape index (κ3) is 3.93. The van der Waals surface area contributed by atoms with Crippen LogP contribution in [0.4, 0.5) is 0 Å². The maximum Gasteiger partial charge on any atom is 0.340 e. The van der Waals surface area contributed by atoms with Crippen molar-refractivity contribution in [3.05, 3.63) is 33.8 Å². The molecule has 1 aliphatic heterocycles. The van der Waals surface area contributed by atoms with Gasteiger partial charge in [0, 0.05) is 17.1 Å². The molecule has 1 heterocycles. The Hall–Kier alpha value is -1.26. The van der Waals surface area contributed by atoms with Gasteiger partial charge in [-0.15, -0.1) is 0 Å². The largest absolute Gasteiger partial charge is 0.452 e. The van der Waals surface area contributed by atoms with Crippen LogP contribution in [0.1, 0.15) is 43.5 Å². The zero-order valence-electron chi connectivity index (χ0n) is 12.6. The van der Waals surface area contributed by atoms with Crippen LogP contribution >= 0.6 is 23.2 Å². The van der Waals surface area contributed by atoms with Crippen molar-refractivity contribution in [2.45, 2.75) is 45.2 Å². The van der Waals surface area contributed by atoms with Crippen LogP contribution in [0.15, 0.2) is 18.2 Å². The molecule has 4 nitrogen and oxygen atoms in total. The molecule has 0 spiro atoms. The third-order valence-electron chi connectivity index (χ3n) is 3.96. The smallest absolute Gasteiger partial charge is 0.340 e. The van der Waals surface area contributed by atoms with Gasteiger partial charge >= 0.3 is 5.97 Å². The van der Waals surface area contributed by atoms with Crippen LogP contribution in [0.3, 0.4) is 0 Å². The van der Waals surface area contributed by atoms with E-state index in [1.165, 1.54) is 12.1 Å². The molecule has 0 aliphatic carbocycles. The van der Waals surface area contributed by atoms with Crippen molar-refractivity contribution in [1.82, 2.24) is 4.90 Å². The Labute approximate surface area is 140 Å². The van der Waals surface area contributed by atoms with E-state index in [0.29, 0.717) is 5.02 Å². The first-order valence-corrected chi connectivity index (χ1v) is 8.09. The van der Waals surface area contributed by atoms with Gasteiger partial charge in [-0.2, -0.15) is 0 Å². The number of carbonyl (C=O) groups excluding carboxylic acids is 2. The molecule has 1 aromatic rings. The number of piperidine rings is 1. The number of amides is 1. The van der Waals surface area contributed by atoms with E-state index in [4.69, 9.17) is 27.9 Å². The summed E-state index contributed by atoms with van der Waals surface area (Å²) in [7, 11) is 0. The number of hydrogen-bond acceptors (Lipinski definition) is 3. The molecular formula is C16H19Cl2NO3. The van der Waals surface area contributed by atoms with Gasteiger partial charge in [-0.05, 0) is 51.3 Å². The van der Waals surface area contributed by atoms with Gasteiger partial charge in [0.05, 0.1) is 10.6 Å². The number of ether oxygens (including phenoxy) is 1. The van der Waals surface area contributed by atoms with Gasteiger partial charge in [0.25, 0.3) is 5.91 Å². The van der Waals surface area contributed by atoms with Gasteiger partial charge in [0.1, 0.15) is 0 Å². The van der Waals surface area contributed by atoms with Gasteiger partial charge in [0.15, 0.2) is 6.61 Å². The first-order chi connectivity index (χ1) is 10.4. The summed E-state index contributed by atoms with van der Waals surface area (Å²) in [5, 5.41) is 0.651. The van der Waals surface area contributed by atoms with E-state index in [-0.39, 0.29) is 35.2 Å². The van der Waals surface area contributed by atoms with E-state index < -0.39 is 5.97 Å². The molecule has 2 rings (SSSR count). The number of hydrogen-bond donors (Lipinski definition) is 0. The molecule has 0 saturated carbocycles. The molecule has 1 saturated heterocycles. The zero-order chi connectivity index (χ0) is 16.3. The van der Waals surface area contributed by atoms with Crippen molar-refractivity contribution in [3.8, 4) is 0 Å². The van der Waals surface area contributed by atoms with Crippen molar-refractivity contribution in [3.63, 3.8) is 0 Å². The van der Waals surface area contributed by atoms with Crippen molar-refractivity contribution in [2.24, 2.45) is 0 Å². The first-order valence-electron chi connectivity index (χ1n) is 7.33. The lowest BCUT2D eigenvalue weighted by atomic mass is 9.97. The minimum Gasteiger partial charge on any atom is -0.452 e. The van der Waals surface area contributed by atoms with Crippen LogP contribution in [0.5, 0.6) is 0 Å². The Morgan fingerprint density at radius 1 is 1.23 bits per heavy atom. The Balaban J connectivity index is 1.97. The molecule has 1 aliphatic rings. The SMILES string of the molecule is C[C@@H]1CCC[C@H](C)N1C(=O)COC(=O)c1ccc(Cl)cc1Cl. The van der Waals surface area contributed by atoms with Gasteiger partial charge in [-0.25, -0.2) is 4.79 Å². The Morgan fingerprint density at radius 2 is 1.86 bits per heavy atom. The normalized spacial score (nSPS) is 21.5. The summed E-state index contributed by atoms with van der Waals surface area (Å²) in [6.45, 7) is 3.77. The van der Waals surface area contributed by atoms with Crippen LogP contribution in [0, 0.1) is 0 Å². The maximum atomic E-state index is 12.3. The fraction of sp³-hybridized carbons (Fsp3) is 0.500. The standard InChI is InChI=1S/C16H19Cl2NO3/c1-10-4-3-5-11(2)19(10)15(20)9-22-16(21)13-7-6-12(17)8-14(13)18/h6-8,10-11H,3-5,9H2,1-2H3/t10-,11+. The summed E-state index contributed by atoms with van der Waals surface area (Å²) in [6.07, 6.45) is 3.08. The number of esters is 1. The molecular weight excluding hydrogens is 325 g/mol. The molecule has 6 heteroatoms. The quantitative estimate of drug-likeness (QED) is 0.781. The van der Waals surface area contributed by atoms with E-state index in [0.717, 1.165) is 19.3 Å². The molecule has 22 heavy (non-hydrogen) atoms. The molecule has 1 amide bonds. The molecule has 0 unspecified atom stereocenters. The second-order valence-electron chi connectivity index (χ2n) is 5.63. The lowest BCUT2D eigenvalue weighted by molar-refractivity contribution is -0.140. The molecule has 120 valence electrons. The highest BCUT2D eigenvalue weighted by atomic mass is 35.5. The van der Waals surface area contributed by atoms with E-state index in [9.17, 15) is 9.59 Å². The molecule has 0 aromatic heterocycles. The Kier molecular flexibility index (Phi) is 5.70. The van der Waals surface area contributed by atoms with Crippen molar-refractivity contribution in [2.75, 3.05) is 6.61 Å². The summed E-state index contributed by atoms with van der Waals surface area (Å²) >= 11 is 11.7. The molecule has 0 bridgehead atoms. The summed E-state index contributed by atoms with van der Waals surface area (Å²) in [6, 6.07) is 4.86. The average Bonchev–Trinajstić information content (AvgIpc) is 2.44. The first kappa shape index (κ1) is 17.1. The lowest BCUT2D eigenvalue weighted by Crippen LogP contribution is -2.49. The predicted octanol–water partition coefficient (Wildman–Crippen LogP) is 3.94. The minimum atomic E-state index is -0.618. The Bertz CT molecular complexity index is 567. The summed E-state index contributed by atoms with van der Waals surface area (Å²) in [4.78, 5) is 26.1. The highest BCUT2D eigenvalue weighted by molar-refractivity contribution is 6.36. The second-order valence-corrected chi connectivity index (χ2v) is 6.47. The summed E-state index contributed by atoms with van der Waals surface area (Å²) in [5.41, 5.74) is 0.207. The summed E-state index contributed by atoms with van der Waals surface area (Å²) < 4.78 is 5.10. The van der Waals surface area contributed by atoms with Gasteiger partial charge < -0.3 is 9.64 Å². The van der Waals surface area contributed by atoms with Crippen LogP contribution in [0.2, 0.25) is 10.0 Å². The van der Waals surface area contributed by atoms with Crippen molar-refractivity contribution < 1.29 is 14.3 Å². The number of likely N-dealkylation sites (tertiary alicyclic amines) is 1. The molecule has 2 atom stereocenters. The number of carbonyl (C=O) groups is 2. The van der Waals surface area contributed by atoms with Crippen LogP contribution in [-0.2, 0) is 9.53 Å². The van der Waals surface area contributed by atoms with Crippen LogP contribution in [-0.4, -0.2) is 35.5 Å². The second kappa shape index (κ2) is 7.34. The molecule has 0 radical (unpaired) electrons. The average molecular weight is 344 g/mol. The van der Waals surface area contributed by atoms with E-state index in [1.807, 2.05) is 13.8 Å². The highest BCUT2D eigenvalue weighted by Crippen LogP contribution is 2.24. The van der Waals surface area contributed by atoms with Crippen LogP contribution in [0.25, 0.3) is 0 Å². The fourth-order valence-electron chi connectivity index (χ4n) is 2.85. The number of nitrogens with zero attached hydrogens (tertiary/aromatic N) is 1. The topological polar surface area (TPSA) is 46.6 Å². The van der Waals surface area contributed by atoms with Crippen molar-refractivity contribution in [1.29, 1.82) is 0 Å². The van der Waals surface area contributed by atoms with E-state index in [1.54, 1.807) is 11.0 Å². The van der Waals surface area contributed by atoms with Crippen molar-refractivity contribution >= 4 is 35.1 Å². The molecule has 0 N–H and O–H groups in total. The third-order valence-corrected chi connectivity index (χ3v) is 4.51. The van der Waals surface area contributed by atoms with Crippen LogP contribution < -0.4 is 0 Å². The number of rotatable bonds is 3. The van der Waals surface area contributed by atoms with Gasteiger partial charge in [-0.1, -0.05) is 23.2 Å². The number of benzene rings is 1. The molecule has 1 fully saturated rings. The summed E-state index contributed by atoms with van der Waals surface area (Å²) in [5.74, 6) is -0.787. The molecule has 1 aromatic carbocycles. The predicted molar refractivity (Wildman–Crippen MR) is 86.4 cm³/mol. The maximum absolute atomic E-state index is 12.3. The Morgan fingerprint density at radius 3 is 2.45 bits per heavy atom. The van der Waals surface area contributed by atoms with Gasteiger partial charge in [-0.3, -0.25) is 4.79 Å². The van der Waals surface area contributed by atoms with E-state index in [2.05, 4.69) is 0 Å².